The summed E-state index contributed by atoms with van der Waals surface area (Å²) >= 11 is 1.77. The molecule has 1 aromatic heterocycles. The lowest BCUT2D eigenvalue weighted by atomic mass is 10.0. The molecule has 5 nitrogen and oxygen atoms in total. The highest BCUT2D eigenvalue weighted by Crippen LogP contribution is 2.39. The van der Waals surface area contributed by atoms with Gasteiger partial charge in [-0.25, -0.2) is 9.07 Å². The van der Waals surface area contributed by atoms with Crippen molar-refractivity contribution >= 4 is 28.6 Å². The summed E-state index contributed by atoms with van der Waals surface area (Å²) in [6.07, 6.45) is -1.90. The number of rotatable bonds is 8. The Morgan fingerprint density at radius 1 is 1.08 bits per heavy atom. The number of benzene rings is 3. The molecular weight excluding hydrogens is 506 g/mol. The number of nitrogens with zero attached hydrogens (tertiary/aromatic N) is 2. The molecule has 1 aliphatic carbocycles. The van der Waals surface area contributed by atoms with Crippen molar-refractivity contribution in [2.45, 2.75) is 48.2 Å². The van der Waals surface area contributed by atoms with Gasteiger partial charge in [-0.2, -0.15) is 18.3 Å². The van der Waals surface area contributed by atoms with Crippen LogP contribution in [0, 0.1) is 5.82 Å². The van der Waals surface area contributed by atoms with Crippen molar-refractivity contribution in [1.29, 1.82) is 0 Å². The SMILES string of the molecule is C[C@H](NC(=O)C(F)(F)F)[C@H](Oc1ccc2c(cnn2-c2ccc(F)cc2)c1)c1ccc(SC2CC2)cc1. The normalized spacial score (nSPS) is 15.4. The van der Waals surface area contributed by atoms with Crippen LogP contribution < -0.4 is 10.1 Å². The van der Waals surface area contributed by atoms with Gasteiger partial charge in [-0.3, -0.25) is 4.79 Å². The molecule has 2 atom stereocenters. The summed E-state index contributed by atoms with van der Waals surface area (Å²) in [5.74, 6) is -1.97. The third kappa shape index (κ3) is 5.90. The van der Waals surface area contributed by atoms with E-state index >= 15 is 0 Å². The number of aromatic nitrogens is 2. The first-order valence-corrected chi connectivity index (χ1v) is 12.6. The van der Waals surface area contributed by atoms with Gasteiger partial charge in [-0.1, -0.05) is 12.1 Å². The van der Waals surface area contributed by atoms with Gasteiger partial charge in [-0.15, -0.1) is 11.8 Å². The summed E-state index contributed by atoms with van der Waals surface area (Å²) in [6, 6.07) is 17.6. The number of amides is 1. The second-order valence-electron chi connectivity index (χ2n) is 8.94. The highest BCUT2D eigenvalue weighted by atomic mass is 32.2. The molecule has 1 saturated carbocycles. The van der Waals surface area contributed by atoms with Crippen LogP contribution >= 0.6 is 11.8 Å². The fraction of sp³-hybridized carbons (Fsp3) is 0.259. The van der Waals surface area contributed by atoms with Crippen LogP contribution in [0.1, 0.15) is 31.4 Å². The number of halogens is 4. The number of fused-ring (bicyclic) bond motifs is 1. The number of hydrogen-bond donors (Lipinski definition) is 1. The highest BCUT2D eigenvalue weighted by molar-refractivity contribution is 8.00. The lowest BCUT2D eigenvalue weighted by molar-refractivity contribution is -0.174. The molecule has 0 radical (unpaired) electrons. The van der Waals surface area contributed by atoms with Crippen molar-refractivity contribution in [2.24, 2.45) is 0 Å². The molecule has 10 heteroatoms. The first-order valence-electron chi connectivity index (χ1n) is 11.7. The van der Waals surface area contributed by atoms with E-state index in [2.05, 4.69) is 5.10 Å². The van der Waals surface area contributed by atoms with Crippen molar-refractivity contribution in [3.63, 3.8) is 0 Å². The van der Waals surface area contributed by atoms with E-state index in [1.54, 1.807) is 53.0 Å². The first kappa shape index (κ1) is 25.1. The number of nitrogens with one attached hydrogen (secondary N) is 1. The fourth-order valence-corrected chi connectivity index (χ4v) is 5.01. The minimum absolute atomic E-state index is 0.354. The second-order valence-corrected chi connectivity index (χ2v) is 10.3. The van der Waals surface area contributed by atoms with Crippen LogP contribution in [-0.4, -0.2) is 33.2 Å². The van der Waals surface area contributed by atoms with E-state index < -0.39 is 24.2 Å². The maximum atomic E-state index is 13.3. The molecule has 37 heavy (non-hydrogen) atoms. The average Bonchev–Trinajstić information content (AvgIpc) is 3.58. The van der Waals surface area contributed by atoms with Crippen LogP contribution in [0.15, 0.2) is 77.8 Å². The smallest absolute Gasteiger partial charge is 0.471 e. The van der Waals surface area contributed by atoms with Crippen molar-refractivity contribution < 1.29 is 27.1 Å². The van der Waals surface area contributed by atoms with Gasteiger partial charge in [0.25, 0.3) is 0 Å². The van der Waals surface area contributed by atoms with E-state index in [9.17, 15) is 22.4 Å². The van der Waals surface area contributed by atoms with E-state index in [1.807, 2.05) is 29.6 Å². The lowest BCUT2D eigenvalue weighted by Crippen LogP contribution is -2.45. The highest BCUT2D eigenvalue weighted by Gasteiger charge is 2.40. The molecule has 0 unspecified atom stereocenters. The van der Waals surface area contributed by atoms with Crippen LogP contribution in [0.4, 0.5) is 17.6 Å². The third-order valence-electron chi connectivity index (χ3n) is 5.98. The zero-order chi connectivity index (χ0) is 26.2. The zero-order valence-corrected chi connectivity index (χ0v) is 20.5. The van der Waals surface area contributed by atoms with Crippen LogP contribution in [0.2, 0.25) is 0 Å². The monoisotopic (exact) mass is 529 g/mol. The summed E-state index contributed by atoms with van der Waals surface area (Å²) in [5, 5.41) is 7.73. The van der Waals surface area contributed by atoms with Crippen LogP contribution in [0.5, 0.6) is 5.75 Å². The molecule has 4 aromatic rings. The molecular formula is C27H23F4N3O2S. The van der Waals surface area contributed by atoms with Crippen molar-refractivity contribution in [1.82, 2.24) is 15.1 Å². The topological polar surface area (TPSA) is 56.1 Å². The van der Waals surface area contributed by atoms with Crippen LogP contribution in [0.3, 0.4) is 0 Å². The quantitative estimate of drug-likeness (QED) is 0.261. The molecule has 1 N–H and O–H groups in total. The Hall–Kier alpha value is -3.53. The molecule has 1 heterocycles. The Morgan fingerprint density at radius 2 is 1.78 bits per heavy atom. The Morgan fingerprint density at radius 3 is 2.43 bits per heavy atom. The third-order valence-corrected chi connectivity index (χ3v) is 7.33. The standard InChI is InChI=1S/C27H23F4N3O2S/c1-16(33-26(35)27(29,30)31)25(17-2-9-22(10-3-17)37-23-11-12-23)36-21-8-13-24-18(14-21)15-32-34(24)20-6-4-19(28)5-7-20/h2-10,13-16,23,25H,11-12H2,1H3,(H,33,35)/t16-,25-/m0/s1. The largest absolute Gasteiger partial charge is 0.484 e. The van der Waals surface area contributed by atoms with Gasteiger partial charge in [0.2, 0.25) is 0 Å². The molecule has 0 spiro atoms. The average molecular weight is 530 g/mol. The molecule has 0 aliphatic heterocycles. The second kappa shape index (κ2) is 10.1. The van der Waals surface area contributed by atoms with Crippen LogP contribution in [0.25, 0.3) is 16.6 Å². The van der Waals surface area contributed by atoms with Gasteiger partial charge in [0, 0.05) is 15.5 Å². The summed E-state index contributed by atoms with van der Waals surface area (Å²) < 4.78 is 59.9. The fourth-order valence-electron chi connectivity index (χ4n) is 3.96. The predicted octanol–water partition coefficient (Wildman–Crippen LogP) is 6.61. The molecule has 1 fully saturated rings. The molecule has 192 valence electrons. The van der Waals surface area contributed by atoms with E-state index in [0.29, 0.717) is 22.3 Å². The van der Waals surface area contributed by atoms with Gasteiger partial charge >= 0.3 is 12.1 Å². The minimum Gasteiger partial charge on any atom is -0.484 e. The number of alkyl halides is 3. The van der Waals surface area contributed by atoms with E-state index in [4.69, 9.17) is 4.74 Å². The Balaban J connectivity index is 1.41. The lowest BCUT2D eigenvalue weighted by Gasteiger charge is -2.27. The van der Waals surface area contributed by atoms with Gasteiger partial charge < -0.3 is 10.1 Å². The molecule has 0 bridgehead atoms. The Bertz CT molecular complexity index is 1400. The Labute approximate surface area is 214 Å². The predicted molar refractivity (Wildman–Crippen MR) is 133 cm³/mol. The van der Waals surface area contributed by atoms with Gasteiger partial charge in [0.15, 0.2) is 0 Å². The summed E-state index contributed by atoms with van der Waals surface area (Å²) in [5.41, 5.74) is 2.06. The molecule has 0 saturated heterocycles. The van der Waals surface area contributed by atoms with Gasteiger partial charge in [0.05, 0.1) is 23.4 Å². The first-order chi connectivity index (χ1) is 17.7. The van der Waals surface area contributed by atoms with Gasteiger partial charge in [0.1, 0.15) is 17.7 Å². The van der Waals surface area contributed by atoms with Crippen molar-refractivity contribution in [2.75, 3.05) is 0 Å². The summed E-state index contributed by atoms with van der Waals surface area (Å²) in [6.45, 7) is 1.48. The van der Waals surface area contributed by atoms with E-state index in [1.165, 1.54) is 31.9 Å². The van der Waals surface area contributed by atoms with Crippen LogP contribution in [-0.2, 0) is 4.79 Å². The molecule has 5 rings (SSSR count). The number of carbonyl (C=O) groups is 1. The summed E-state index contributed by atoms with van der Waals surface area (Å²) in [7, 11) is 0. The Kier molecular flexibility index (Phi) is 6.85. The maximum absolute atomic E-state index is 13.3. The number of hydrogen-bond acceptors (Lipinski definition) is 4. The number of thioether (sulfide) groups is 1. The molecule has 1 aliphatic rings. The molecule has 1 amide bonds. The minimum atomic E-state index is -5.00. The maximum Gasteiger partial charge on any atom is 0.471 e. The van der Waals surface area contributed by atoms with Crippen molar-refractivity contribution in [3.05, 3.63) is 84.3 Å². The van der Waals surface area contributed by atoms with Gasteiger partial charge in [-0.05, 0) is 79.9 Å². The molecule has 3 aromatic carbocycles. The summed E-state index contributed by atoms with van der Waals surface area (Å²) in [4.78, 5) is 12.7. The van der Waals surface area contributed by atoms with Crippen molar-refractivity contribution in [3.8, 4) is 11.4 Å². The van der Waals surface area contributed by atoms with E-state index in [-0.39, 0.29) is 5.82 Å². The number of carbonyl (C=O) groups excluding carboxylic acids is 1. The van der Waals surface area contributed by atoms with E-state index in [0.717, 1.165) is 15.8 Å². The zero-order valence-electron chi connectivity index (χ0n) is 19.7. The number of ether oxygens (including phenoxy) is 1.